The second-order valence-corrected chi connectivity index (χ2v) is 6.10. The van der Waals surface area contributed by atoms with E-state index in [1.807, 2.05) is 0 Å². The molecule has 0 bridgehead atoms. The number of hydrogen-bond donors (Lipinski definition) is 0. The summed E-state index contributed by atoms with van der Waals surface area (Å²) in [5.74, 6) is -0.257. The zero-order chi connectivity index (χ0) is 18.1. The van der Waals surface area contributed by atoms with Gasteiger partial charge < -0.3 is 14.2 Å². The van der Waals surface area contributed by atoms with Gasteiger partial charge in [0.25, 0.3) is 0 Å². The summed E-state index contributed by atoms with van der Waals surface area (Å²) in [4.78, 5) is 16.2. The predicted octanol–water partition coefficient (Wildman–Crippen LogP) is 3.98. The largest absolute Gasteiger partial charge is 0.489 e. The Morgan fingerprint density at radius 2 is 1.96 bits per heavy atom. The van der Waals surface area contributed by atoms with Crippen LogP contribution in [0.4, 0.5) is 4.39 Å². The topological polar surface area (TPSA) is 57.1 Å². The first-order chi connectivity index (χ1) is 12.6. The van der Waals surface area contributed by atoms with Crippen molar-refractivity contribution in [2.75, 3.05) is 13.2 Å². The van der Waals surface area contributed by atoms with Crippen LogP contribution in [0.15, 0.2) is 47.1 Å². The summed E-state index contributed by atoms with van der Waals surface area (Å²) >= 11 is 6.25. The molecule has 0 N–H and O–H groups in total. The van der Waals surface area contributed by atoms with Crippen LogP contribution in [0.2, 0.25) is 5.02 Å². The number of rotatable bonds is 2. The van der Waals surface area contributed by atoms with Crippen molar-refractivity contribution < 1.29 is 23.4 Å². The van der Waals surface area contributed by atoms with Gasteiger partial charge in [0.2, 0.25) is 5.90 Å². The van der Waals surface area contributed by atoms with Crippen molar-refractivity contribution in [1.29, 1.82) is 0 Å². The lowest BCUT2D eigenvalue weighted by Crippen LogP contribution is -2.07. The highest BCUT2D eigenvalue weighted by molar-refractivity contribution is 6.32. The number of carbonyl (C=O) groups excluding carboxylic acids is 1. The highest BCUT2D eigenvalue weighted by atomic mass is 35.5. The fourth-order valence-electron chi connectivity index (χ4n) is 2.65. The Bertz CT molecular complexity index is 955. The fraction of sp³-hybridized carbons (Fsp3) is 0.158. The van der Waals surface area contributed by atoms with Gasteiger partial charge in [-0.05, 0) is 35.9 Å². The van der Waals surface area contributed by atoms with Gasteiger partial charge in [-0.15, -0.1) is 0 Å². The standard InChI is InChI=1S/C19H13ClFNO4/c20-13-8-11(10-16-17(13)25-7-3-6-24-16)9-15-19(23)26-18(22-15)12-4-1-2-5-14(12)21/h1-2,4-5,8-10H,3,6-7H2/b15-9-. The molecule has 2 heterocycles. The van der Waals surface area contributed by atoms with Crippen molar-refractivity contribution in [3.8, 4) is 11.5 Å². The molecule has 0 aromatic heterocycles. The maximum Gasteiger partial charge on any atom is 0.363 e. The molecule has 0 unspecified atom stereocenters. The van der Waals surface area contributed by atoms with Gasteiger partial charge in [0.1, 0.15) is 5.82 Å². The predicted molar refractivity (Wildman–Crippen MR) is 94.1 cm³/mol. The molecule has 132 valence electrons. The van der Waals surface area contributed by atoms with E-state index in [-0.39, 0.29) is 17.2 Å². The smallest absolute Gasteiger partial charge is 0.363 e. The van der Waals surface area contributed by atoms with E-state index in [4.69, 9.17) is 25.8 Å². The van der Waals surface area contributed by atoms with Crippen molar-refractivity contribution in [1.82, 2.24) is 0 Å². The van der Waals surface area contributed by atoms with E-state index < -0.39 is 11.8 Å². The molecule has 2 aliphatic rings. The third-order valence-corrected chi connectivity index (χ3v) is 4.13. The van der Waals surface area contributed by atoms with Crippen LogP contribution in [0.5, 0.6) is 11.5 Å². The number of halogens is 2. The van der Waals surface area contributed by atoms with Gasteiger partial charge >= 0.3 is 5.97 Å². The molecule has 0 saturated carbocycles. The van der Waals surface area contributed by atoms with Crippen molar-refractivity contribution in [3.05, 3.63) is 64.1 Å². The van der Waals surface area contributed by atoms with Gasteiger partial charge in [-0.1, -0.05) is 23.7 Å². The van der Waals surface area contributed by atoms with Crippen LogP contribution < -0.4 is 9.47 Å². The first-order valence-corrected chi connectivity index (χ1v) is 8.36. The Morgan fingerprint density at radius 1 is 1.15 bits per heavy atom. The third-order valence-electron chi connectivity index (χ3n) is 3.85. The molecule has 2 aromatic carbocycles. The van der Waals surface area contributed by atoms with Gasteiger partial charge in [-0.3, -0.25) is 0 Å². The number of carbonyl (C=O) groups is 1. The summed E-state index contributed by atoms with van der Waals surface area (Å²) in [5.41, 5.74) is 0.777. The van der Waals surface area contributed by atoms with Crippen LogP contribution in [-0.2, 0) is 9.53 Å². The van der Waals surface area contributed by atoms with E-state index in [0.29, 0.717) is 35.3 Å². The summed E-state index contributed by atoms with van der Waals surface area (Å²) in [5, 5.41) is 0.376. The molecule has 26 heavy (non-hydrogen) atoms. The van der Waals surface area contributed by atoms with Crippen LogP contribution in [0.25, 0.3) is 6.08 Å². The van der Waals surface area contributed by atoms with E-state index in [9.17, 15) is 9.18 Å². The van der Waals surface area contributed by atoms with Crippen molar-refractivity contribution in [2.24, 2.45) is 4.99 Å². The lowest BCUT2D eigenvalue weighted by molar-refractivity contribution is -0.129. The number of cyclic esters (lactones) is 1. The number of ether oxygens (including phenoxy) is 3. The highest BCUT2D eigenvalue weighted by Gasteiger charge is 2.26. The minimum absolute atomic E-state index is 0.0498. The maximum atomic E-state index is 13.9. The van der Waals surface area contributed by atoms with Crippen molar-refractivity contribution >= 4 is 29.5 Å². The van der Waals surface area contributed by atoms with Crippen LogP contribution >= 0.6 is 11.6 Å². The number of hydrogen-bond acceptors (Lipinski definition) is 5. The average Bonchev–Trinajstić information content (AvgIpc) is 2.82. The number of nitrogens with zero attached hydrogens (tertiary/aromatic N) is 1. The van der Waals surface area contributed by atoms with Crippen molar-refractivity contribution in [3.63, 3.8) is 0 Å². The quantitative estimate of drug-likeness (QED) is 0.590. The molecular weight excluding hydrogens is 361 g/mol. The Morgan fingerprint density at radius 3 is 2.81 bits per heavy atom. The summed E-state index contributed by atoms with van der Waals surface area (Å²) in [6.07, 6.45) is 2.26. The van der Waals surface area contributed by atoms with Gasteiger partial charge in [0, 0.05) is 6.42 Å². The molecule has 5 nitrogen and oxygen atoms in total. The van der Waals surface area contributed by atoms with Crippen LogP contribution in [-0.4, -0.2) is 25.1 Å². The molecule has 4 rings (SSSR count). The lowest BCUT2D eigenvalue weighted by Gasteiger charge is -2.10. The molecule has 0 radical (unpaired) electrons. The van der Waals surface area contributed by atoms with E-state index in [1.54, 1.807) is 24.3 Å². The first-order valence-electron chi connectivity index (χ1n) is 7.98. The molecule has 0 saturated heterocycles. The number of esters is 1. The van der Waals surface area contributed by atoms with Crippen LogP contribution in [0, 0.1) is 5.82 Å². The van der Waals surface area contributed by atoms with Gasteiger partial charge in [0.15, 0.2) is 17.2 Å². The average molecular weight is 374 g/mol. The minimum atomic E-state index is -0.661. The third kappa shape index (κ3) is 3.15. The molecule has 2 aliphatic heterocycles. The Hall–Kier alpha value is -2.86. The molecule has 2 aromatic rings. The van der Waals surface area contributed by atoms with Crippen LogP contribution in [0.3, 0.4) is 0 Å². The molecule has 7 heteroatoms. The van der Waals surface area contributed by atoms with Gasteiger partial charge in [0.05, 0.1) is 23.8 Å². The van der Waals surface area contributed by atoms with Crippen molar-refractivity contribution in [2.45, 2.75) is 6.42 Å². The Balaban J connectivity index is 1.70. The second kappa shape index (κ2) is 6.80. The summed E-state index contributed by atoms with van der Waals surface area (Å²) in [6, 6.07) is 9.31. The van der Waals surface area contributed by atoms with Gasteiger partial charge in [-0.2, -0.15) is 0 Å². The second-order valence-electron chi connectivity index (χ2n) is 5.70. The summed E-state index contributed by atoms with van der Waals surface area (Å²) in [6.45, 7) is 1.04. The maximum absolute atomic E-state index is 13.9. The van der Waals surface area contributed by atoms with E-state index in [2.05, 4.69) is 4.99 Å². The molecule has 0 atom stereocenters. The molecule has 0 fully saturated rings. The number of benzene rings is 2. The highest BCUT2D eigenvalue weighted by Crippen LogP contribution is 2.38. The minimum Gasteiger partial charge on any atom is -0.489 e. The SMILES string of the molecule is O=C1OC(c2ccccc2F)=N/C1=C\c1cc(Cl)c2c(c1)OCCCO2. The zero-order valence-electron chi connectivity index (χ0n) is 13.5. The Labute approximate surface area is 153 Å². The lowest BCUT2D eigenvalue weighted by atomic mass is 10.1. The number of fused-ring (bicyclic) bond motifs is 1. The monoisotopic (exact) mass is 373 g/mol. The first kappa shape index (κ1) is 16.6. The molecule has 0 spiro atoms. The van der Waals surface area contributed by atoms with Gasteiger partial charge in [-0.25, -0.2) is 14.2 Å². The zero-order valence-corrected chi connectivity index (χ0v) is 14.3. The summed E-state index contributed by atoms with van der Waals surface area (Å²) in [7, 11) is 0. The Kier molecular flexibility index (Phi) is 4.34. The molecule has 0 amide bonds. The van der Waals surface area contributed by atoms with E-state index in [1.165, 1.54) is 18.2 Å². The number of aliphatic imine (C=N–C) groups is 1. The van der Waals surface area contributed by atoms with Crippen LogP contribution in [0.1, 0.15) is 17.5 Å². The van der Waals surface area contributed by atoms with E-state index >= 15 is 0 Å². The normalized spacial score (nSPS) is 17.7. The molecule has 0 aliphatic carbocycles. The summed E-state index contributed by atoms with van der Waals surface area (Å²) < 4.78 is 30.2. The fourth-order valence-corrected chi connectivity index (χ4v) is 2.92. The van der Waals surface area contributed by atoms with E-state index in [0.717, 1.165) is 6.42 Å². The molecular formula is C19H13ClFNO4.